The van der Waals surface area contributed by atoms with Gasteiger partial charge in [-0.1, -0.05) is 53.7 Å². The number of hydrogen-bond acceptors (Lipinski definition) is 4. The van der Waals surface area contributed by atoms with Crippen molar-refractivity contribution in [3.05, 3.63) is 58.7 Å². The summed E-state index contributed by atoms with van der Waals surface area (Å²) in [4.78, 5) is 26.7. The van der Waals surface area contributed by atoms with Crippen LogP contribution in [-0.2, 0) is 15.6 Å². The second-order valence-corrected chi connectivity index (χ2v) is 12.5. The summed E-state index contributed by atoms with van der Waals surface area (Å²) in [7, 11) is 0. The van der Waals surface area contributed by atoms with Gasteiger partial charge in [-0.3, -0.25) is 4.79 Å². The molecule has 2 aromatic rings. The first-order valence-electron chi connectivity index (χ1n) is 12.7. The van der Waals surface area contributed by atoms with E-state index in [1.165, 1.54) is 13.8 Å². The van der Waals surface area contributed by atoms with Crippen molar-refractivity contribution in [3.63, 3.8) is 0 Å². The van der Waals surface area contributed by atoms with Gasteiger partial charge in [0.05, 0.1) is 0 Å². The zero-order valence-corrected chi connectivity index (χ0v) is 22.9. The molecule has 2 aromatic carbocycles. The van der Waals surface area contributed by atoms with Crippen molar-refractivity contribution in [1.29, 1.82) is 0 Å². The number of aromatic hydroxyl groups is 1. The van der Waals surface area contributed by atoms with Gasteiger partial charge in [-0.2, -0.15) is 0 Å². The minimum Gasteiger partial charge on any atom is -0.507 e. The van der Waals surface area contributed by atoms with Crippen LogP contribution >= 0.6 is 0 Å². The van der Waals surface area contributed by atoms with Crippen molar-refractivity contribution in [2.24, 2.45) is 0 Å². The normalized spacial score (nSPS) is 15.6. The van der Waals surface area contributed by atoms with Crippen LogP contribution < -0.4 is 4.74 Å². The number of piperidine rings is 1. The average Bonchev–Trinajstić information content (AvgIpc) is 2.77. The van der Waals surface area contributed by atoms with Crippen molar-refractivity contribution < 1.29 is 24.5 Å². The van der Waals surface area contributed by atoms with Crippen LogP contribution in [0.4, 0.5) is 0 Å². The van der Waals surface area contributed by atoms with Crippen LogP contribution in [0.15, 0.2) is 36.4 Å². The van der Waals surface area contributed by atoms with E-state index in [1.54, 1.807) is 0 Å². The van der Waals surface area contributed by atoms with Gasteiger partial charge >= 0.3 is 5.97 Å². The Labute approximate surface area is 215 Å². The first kappa shape index (κ1) is 27.6. The standard InChI is InChI=1S/C30H41NO5/c1-28(2,3)23-17-21(18-24(25(23)32)29(4,5)6)26(33)31-15-13-20(14-16-31)19-9-11-22(12-10-19)36-30(7,8)27(34)35/h9-12,17-18,20,32H,13-16H2,1-8H3,(H,34,35). The Hall–Kier alpha value is -3.02. The van der Waals surface area contributed by atoms with Gasteiger partial charge in [0.25, 0.3) is 5.91 Å². The number of phenolic OH excluding ortho intramolecular Hbond substituents is 1. The molecule has 0 saturated carbocycles. The van der Waals surface area contributed by atoms with E-state index in [-0.39, 0.29) is 22.5 Å². The molecular weight excluding hydrogens is 454 g/mol. The van der Waals surface area contributed by atoms with Crippen LogP contribution in [0.3, 0.4) is 0 Å². The summed E-state index contributed by atoms with van der Waals surface area (Å²) in [5.41, 5.74) is 1.51. The quantitative estimate of drug-likeness (QED) is 0.512. The molecule has 196 valence electrons. The largest absolute Gasteiger partial charge is 0.507 e. The van der Waals surface area contributed by atoms with Crippen molar-refractivity contribution in [3.8, 4) is 11.5 Å². The first-order valence-corrected chi connectivity index (χ1v) is 12.7. The number of phenols is 1. The third-order valence-electron chi connectivity index (χ3n) is 6.99. The molecule has 0 spiro atoms. The SMILES string of the molecule is CC(C)(Oc1ccc(C2CCN(C(=O)c3cc(C(C)(C)C)c(O)c(C(C)(C)C)c3)CC2)cc1)C(=O)O. The molecular formula is C30H41NO5. The Balaban J connectivity index is 1.74. The average molecular weight is 496 g/mol. The van der Waals surface area contributed by atoms with Crippen molar-refractivity contribution in [1.82, 2.24) is 4.90 Å². The Kier molecular flexibility index (Phi) is 7.50. The van der Waals surface area contributed by atoms with Gasteiger partial charge in [0.1, 0.15) is 11.5 Å². The number of amides is 1. The lowest BCUT2D eigenvalue weighted by Crippen LogP contribution is -2.38. The first-order chi connectivity index (χ1) is 16.5. The molecule has 0 unspecified atom stereocenters. The third-order valence-corrected chi connectivity index (χ3v) is 6.99. The summed E-state index contributed by atoms with van der Waals surface area (Å²) < 4.78 is 5.61. The molecule has 0 aliphatic carbocycles. The smallest absolute Gasteiger partial charge is 0.347 e. The summed E-state index contributed by atoms with van der Waals surface area (Å²) in [6.07, 6.45) is 1.70. The van der Waals surface area contributed by atoms with Crippen LogP contribution in [0.2, 0.25) is 0 Å². The molecule has 3 rings (SSSR count). The van der Waals surface area contributed by atoms with E-state index in [9.17, 15) is 19.8 Å². The summed E-state index contributed by atoms with van der Waals surface area (Å²) in [5.74, 6) is 0.121. The number of carboxylic acid groups (broad SMARTS) is 1. The van der Waals surface area contributed by atoms with Crippen LogP contribution in [0.5, 0.6) is 11.5 Å². The van der Waals surface area contributed by atoms with E-state index in [1.807, 2.05) is 82.8 Å². The second-order valence-electron chi connectivity index (χ2n) is 12.5. The number of carbonyl (C=O) groups excluding carboxylic acids is 1. The Morgan fingerprint density at radius 2 is 1.33 bits per heavy atom. The predicted molar refractivity (Wildman–Crippen MR) is 142 cm³/mol. The highest BCUT2D eigenvalue weighted by molar-refractivity contribution is 5.95. The van der Waals surface area contributed by atoms with Gasteiger partial charge in [-0.05, 0) is 73.3 Å². The van der Waals surface area contributed by atoms with Gasteiger partial charge in [-0.25, -0.2) is 4.79 Å². The molecule has 0 bridgehead atoms. The lowest BCUT2D eigenvalue weighted by molar-refractivity contribution is -0.152. The minimum absolute atomic E-state index is 0.00380. The van der Waals surface area contributed by atoms with Crippen LogP contribution in [0, 0.1) is 0 Å². The van der Waals surface area contributed by atoms with Crippen molar-refractivity contribution in [2.45, 2.75) is 90.6 Å². The van der Waals surface area contributed by atoms with Crippen LogP contribution in [0.25, 0.3) is 0 Å². The maximum atomic E-state index is 13.5. The van der Waals surface area contributed by atoms with Gasteiger partial charge in [-0.15, -0.1) is 0 Å². The molecule has 1 aliphatic rings. The maximum absolute atomic E-state index is 13.5. The topological polar surface area (TPSA) is 87.1 Å². The van der Waals surface area contributed by atoms with Crippen molar-refractivity contribution >= 4 is 11.9 Å². The Morgan fingerprint density at radius 1 is 0.861 bits per heavy atom. The summed E-state index contributed by atoms with van der Waals surface area (Å²) in [5, 5.41) is 20.2. The second kappa shape index (κ2) is 9.79. The fourth-order valence-corrected chi connectivity index (χ4v) is 4.65. The number of hydrogen-bond donors (Lipinski definition) is 2. The number of benzene rings is 2. The highest BCUT2D eigenvalue weighted by Gasteiger charge is 2.31. The number of carboxylic acids is 1. The highest BCUT2D eigenvalue weighted by atomic mass is 16.5. The number of likely N-dealkylation sites (tertiary alicyclic amines) is 1. The number of aliphatic carboxylic acids is 1. The van der Waals surface area contributed by atoms with Crippen molar-refractivity contribution in [2.75, 3.05) is 13.1 Å². The maximum Gasteiger partial charge on any atom is 0.347 e. The summed E-state index contributed by atoms with van der Waals surface area (Å²) in [6, 6.07) is 11.3. The molecule has 0 radical (unpaired) electrons. The molecule has 6 nitrogen and oxygen atoms in total. The highest BCUT2D eigenvalue weighted by Crippen LogP contribution is 2.40. The summed E-state index contributed by atoms with van der Waals surface area (Å²) >= 11 is 0. The third kappa shape index (κ3) is 6.03. The molecule has 1 heterocycles. The van der Waals surface area contributed by atoms with E-state index in [0.717, 1.165) is 29.5 Å². The fourth-order valence-electron chi connectivity index (χ4n) is 4.65. The van der Waals surface area contributed by atoms with E-state index in [2.05, 4.69) is 0 Å². The number of nitrogens with zero attached hydrogens (tertiary/aromatic N) is 1. The fraction of sp³-hybridized carbons (Fsp3) is 0.533. The monoisotopic (exact) mass is 495 g/mol. The minimum atomic E-state index is -1.29. The number of ether oxygens (including phenoxy) is 1. The molecule has 0 aromatic heterocycles. The van der Waals surface area contributed by atoms with Crippen LogP contribution in [-0.4, -0.2) is 45.7 Å². The molecule has 1 saturated heterocycles. The molecule has 1 amide bonds. The lowest BCUT2D eigenvalue weighted by Gasteiger charge is -2.33. The van der Waals surface area contributed by atoms with Crippen LogP contribution in [0.1, 0.15) is 101 Å². The predicted octanol–water partition coefficient (Wildman–Crippen LogP) is 6.25. The van der Waals surface area contributed by atoms with E-state index >= 15 is 0 Å². The van der Waals surface area contributed by atoms with Gasteiger partial charge in [0.2, 0.25) is 0 Å². The zero-order valence-electron chi connectivity index (χ0n) is 22.9. The molecule has 1 aliphatic heterocycles. The molecule has 36 heavy (non-hydrogen) atoms. The molecule has 0 atom stereocenters. The molecule has 1 fully saturated rings. The Morgan fingerprint density at radius 3 is 1.75 bits per heavy atom. The summed E-state index contributed by atoms with van der Waals surface area (Å²) in [6.45, 7) is 16.7. The van der Waals surface area contributed by atoms with Gasteiger partial charge in [0, 0.05) is 29.8 Å². The van der Waals surface area contributed by atoms with Gasteiger partial charge < -0.3 is 19.8 Å². The van der Waals surface area contributed by atoms with E-state index in [0.29, 0.717) is 30.3 Å². The van der Waals surface area contributed by atoms with E-state index in [4.69, 9.17) is 4.74 Å². The lowest BCUT2D eigenvalue weighted by atomic mass is 9.78. The van der Waals surface area contributed by atoms with Gasteiger partial charge in [0.15, 0.2) is 5.60 Å². The number of carbonyl (C=O) groups is 2. The number of rotatable bonds is 5. The van der Waals surface area contributed by atoms with E-state index < -0.39 is 11.6 Å². The molecule has 2 N–H and O–H groups in total. The Bertz CT molecular complexity index is 1080. The zero-order chi connectivity index (χ0) is 27.1. The molecule has 6 heteroatoms.